The molecule has 0 aliphatic heterocycles. The predicted molar refractivity (Wildman–Crippen MR) is 88.7 cm³/mol. The van der Waals surface area contributed by atoms with Crippen LogP contribution in [0, 0.1) is 11.8 Å². The van der Waals surface area contributed by atoms with Crippen molar-refractivity contribution >= 4 is 24.4 Å². The molecule has 1 fully saturated rings. The van der Waals surface area contributed by atoms with Crippen LogP contribution in [0.5, 0.6) is 0 Å². The molecule has 0 aromatic carbocycles. The highest BCUT2D eigenvalue weighted by molar-refractivity contribution is 5.75. The Bertz CT molecular complexity index is 498. The summed E-state index contributed by atoms with van der Waals surface area (Å²) in [5.41, 5.74) is 0. The van der Waals surface area contributed by atoms with Crippen LogP contribution in [0.3, 0.4) is 0 Å². The average molecular weight is 357 g/mol. The first-order chi connectivity index (χ1) is 11.8. The zero-order valence-electron chi connectivity index (χ0n) is 14.9. The quantitative estimate of drug-likeness (QED) is 0.400. The minimum absolute atomic E-state index is 0.155. The van der Waals surface area contributed by atoms with E-state index in [2.05, 4.69) is 10.6 Å². The molecule has 1 rings (SSSR count). The van der Waals surface area contributed by atoms with Gasteiger partial charge in [0, 0.05) is 32.5 Å². The zero-order valence-corrected chi connectivity index (χ0v) is 14.9. The highest BCUT2D eigenvalue weighted by Gasteiger charge is 2.48. The van der Waals surface area contributed by atoms with Crippen LogP contribution < -0.4 is 10.6 Å². The molecule has 0 spiro atoms. The molecule has 9 heteroatoms. The summed E-state index contributed by atoms with van der Waals surface area (Å²) < 4.78 is 5.05. The molecule has 1 aliphatic rings. The molecule has 0 unspecified atom stereocenters. The van der Waals surface area contributed by atoms with Crippen molar-refractivity contribution in [2.45, 2.75) is 45.2 Å². The lowest BCUT2D eigenvalue weighted by Gasteiger charge is -2.30. The SMILES string of the molecule is CCCCOC(=O)N[C@H]1[C@@H](CNC(C)=O)[C@H](N(C)C=O)C[C@@H]1C(=O)O. The number of nitrogens with zero attached hydrogens (tertiary/aromatic N) is 1. The second-order valence-corrected chi connectivity index (χ2v) is 6.28. The number of ether oxygens (including phenoxy) is 1. The van der Waals surface area contributed by atoms with Gasteiger partial charge in [-0.05, 0) is 12.8 Å². The summed E-state index contributed by atoms with van der Waals surface area (Å²) in [4.78, 5) is 47.3. The van der Waals surface area contributed by atoms with Gasteiger partial charge in [0.25, 0.3) is 0 Å². The first-order valence-corrected chi connectivity index (χ1v) is 8.39. The van der Waals surface area contributed by atoms with Crippen LogP contribution in [0.15, 0.2) is 0 Å². The van der Waals surface area contributed by atoms with Gasteiger partial charge in [-0.2, -0.15) is 0 Å². The third-order valence-electron chi connectivity index (χ3n) is 4.49. The molecule has 0 saturated heterocycles. The average Bonchev–Trinajstić information content (AvgIpc) is 2.91. The summed E-state index contributed by atoms with van der Waals surface area (Å²) in [6, 6.07) is -1.16. The Labute approximate surface area is 147 Å². The number of amides is 3. The van der Waals surface area contributed by atoms with Gasteiger partial charge in [0.15, 0.2) is 0 Å². The van der Waals surface area contributed by atoms with Crippen molar-refractivity contribution in [2.24, 2.45) is 11.8 Å². The van der Waals surface area contributed by atoms with Gasteiger partial charge in [0.05, 0.1) is 18.6 Å². The Morgan fingerprint density at radius 2 is 2.04 bits per heavy atom. The first-order valence-electron chi connectivity index (χ1n) is 8.39. The van der Waals surface area contributed by atoms with Crippen molar-refractivity contribution < 1.29 is 29.0 Å². The fraction of sp³-hybridized carbons (Fsp3) is 0.750. The molecule has 0 heterocycles. The maximum absolute atomic E-state index is 12.0. The smallest absolute Gasteiger partial charge is 0.407 e. The molecule has 3 N–H and O–H groups in total. The Morgan fingerprint density at radius 1 is 1.36 bits per heavy atom. The fourth-order valence-corrected chi connectivity index (χ4v) is 3.14. The minimum atomic E-state index is -1.06. The number of carboxylic acid groups (broad SMARTS) is 1. The van der Waals surface area contributed by atoms with Crippen molar-refractivity contribution in [1.29, 1.82) is 0 Å². The fourth-order valence-electron chi connectivity index (χ4n) is 3.14. The number of carbonyl (C=O) groups excluding carboxylic acids is 3. The number of alkyl carbamates (subject to hydrolysis) is 1. The van der Waals surface area contributed by atoms with Gasteiger partial charge in [0.2, 0.25) is 12.3 Å². The number of carbonyl (C=O) groups is 4. The Hall–Kier alpha value is -2.32. The number of rotatable bonds is 9. The Kier molecular flexibility index (Phi) is 8.17. The maximum atomic E-state index is 12.0. The molecular weight excluding hydrogens is 330 g/mol. The van der Waals surface area contributed by atoms with E-state index in [1.54, 1.807) is 7.05 Å². The van der Waals surface area contributed by atoms with Crippen LogP contribution in [0.4, 0.5) is 4.79 Å². The van der Waals surface area contributed by atoms with Gasteiger partial charge in [-0.3, -0.25) is 14.4 Å². The molecule has 9 nitrogen and oxygen atoms in total. The van der Waals surface area contributed by atoms with Crippen LogP contribution >= 0.6 is 0 Å². The van der Waals surface area contributed by atoms with E-state index in [0.717, 1.165) is 6.42 Å². The van der Waals surface area contributed by atoms with Crippen molar-refractivity contribution in [1.82, 2.24) is 15.5 Å². The van der Waals surface area contributed by atoms with Crippen LogP contribution in [0.25, 0.3) is 0 Å². The van der Waals surface area contributed by atoms with Gasteiger partial charge < -0.3 is 25.4 Å². The molecule has 0 aromatic rings. The molecular formula is C16H27N3O6. The normalized spacial score (nSPS) is 25.1. The molecule has 3 amide bonds. The van der Waals surface area contributed by atoms with E-state index in [1.165, 1.54) is 11.8 Å². The molecule has 1 aliphatic carbocycles. The second-order valence-electron chi connectivity index (χ2n) is 6.28. The highest BCUT2D eigenvalue weighted by atomic mass is 16.5. The predicted octanol–water partition coefficient (Wildman–Crippen LogP) is 0.195. The monoisotopic (exact) mass is 357 g/mol. The number of hydrogen-bond acceptors (Lipinski definition) is 5. The number of hydrogen-bond donors (Lipinski definition) is 3. The van der Waals surface area contributed by atoms with Gasteiger partial charge in [-0.1, -0.05) is 13.3 Å². The zero-order chi connectivity index (χ0) is 19.0. The van der Waals surface area contributed by atoms with Crippen LogP contribution in [-0.4, -0.2) is 66.7 Å². The van der Waals surface area contributed by atoms with E-state index >= 15 is 0 Å². The molecule has 0 radical (unpaired) electrons. The van der Waals surface area contributed by atoms with E-state index in [-0.39, 0.29) is 25.5 Å². The standard InChI is InChI=1S/C16H27N3O6/c1-4-5-6-25-16(24)18-14-11(15(22)23)7-13(19(3)9-20)12(14)8-17-10(2)21/h9,11-14H,4-8H2,1-3H3,(H,17,21)(H,18,24)(H,22,23)/t11-,12-,13+,14+/m0/s1. The third-order valence-corrected chi connectivity index (χ3v) is 4.49. The largest absolute Gasteiger partial charge is 0.481 e. The molecule has 25 heavy (non-hydrogen) atoms. The number of aliphatic carboxylic acids is 1. The third kappa shape index (κ3) is 5.91. The molecule has 1 saturated carbocycles. The first kappa shape index (κ1) is 20.7. The molecule has 0 aromatic heterocycles. The lowest BCUT2D eigenvalue weighted by molar-refractivity contribution is -0.142. The van der Waals surface area contributed by atoms with E-state index < -0.39 is 36.0 Å². The Balaban J connectivity index is 2.93. The van der Waals surface area contributed by atoms with Crippen molar-refractivity contribution in [3.8, 4) is 0 Å². The summed E-state index contributed by atoms with van der Waals surface area (Å²) in [5.74, 6) is -2.63. The summed E-state index contributed by atoms with van der Waals surface area (Å²) in [6.07, 6.45) is 1.70. The van der Waals surface area contributed by atoms with Gasteiger partial charge in [-0.15, -0.1) is 0 Å². The van der Waals surface area contributed by atoms with Gasteiger partial charge in [-0.25, -0.2) is 4.79 Å². The van der Waals surface area contributed by atoms with Crippen molar-refractivity contribution in [2.75, 3.05) is 20.2 Å². The highest BCUT2D eigenvalue weighted by Crippen LogP contribution is 2.34. The van der Waals surface area contributed by atoms with E-state index in [4.69, 9.17) is 4.74 Å². The molecule has 4 atom stereocenters. The van der Waals surface area contributed by atoms with Crippen LogP contribution in [0.2, 0.25) is 0 Å². The van der Waals surface area contributed by atoms with Gasteiger partial charge in [0.1, 0.15) is 0 Å². The lowest BCUT2D eigenvalue weighted by atomic mass is 9.96. The summed E-state index contributed by atoms with van der Waals surface area (Å²) in [7, 11) is 1.55. The minimum Gasteiger partial charge on any atom is -0.481 e. The summed E-state index contributed by atoms with van der Waals surface area (Å²) in [6.45, 7) is 3.72. The van der Waals surface area contributed by atoms with Gasteiger partial charge >= 0.3 is 12.1 Å². The maximum Gasteiger partial charge on any atom is 0.407 e. The number of carboxylic acids is 1. The summed E-state index contributed by atoms with van der Waals surface area (Å²) >= 11 is 0. The van der Waals surface area contributed by atoms with E-state index in [1.807, 2.05) is 6.92 Å². The lowest BCUT2D eigenvalue weighted by Crippen LogP contribution is -2.50. The number of nitrogens with one attached hydrogen (secondary N) is 2. The van der Waals surface area contributed by atoms with Crippen molar-refractivity contribution in [3.05, 3.63) is 0 Å². The molecule has 0 bridgehead atoms. The van der Waals surface area contributed by atoms with Crippen LogP contribution in [0.1, 0.15) is 33.1 Å². The second kappa shape index (κ2) is 9.85. The molecule has 142 valence electrons. The summed E-state index contributed by atoms with van der Waals surface area (Å²) in [5, 5.41) is 14.8. The van der Waals surface area contributed by atoms with Crippen molar-refractivity contribution in [3.63, 3.8) is 0 Å². The Morgan fingerprint density at radius 3 is 2.56 bits per heavy atom. The van der Waals surface area contributed by atoms with E-state index in [0.29, 0.717) is 12.8 Å². The topological polar surface area (TPSA) is 125 Å². The number of unbranched alkanes of at least 4 members (excludes halogenated alkanes) is 1. The van der Waals surface area contributed by atoms with Crippen LogP contribution in [-0.2, 0) is 19.1 Å². The van der Waals surface area contributed by atoms with E-state index in [9.17, 15) is 24.3 Å².